The van der Waals surface area contributed by atoms with E-state index in [0.29, 0.717) is 17.0 Å². The number of aromatic nitrogens is 2. The van der Waals surface area contributed by atoms with Crippen LogP contribution in [0, 0.1) is 0 Å². The Morgan fingerprint density at radius 1 is 1.36 bits per heavy atom. The molecule has 0 saturated heterocycles. The second-order valence-corrected chi connectivity index (χ2v) is 5.67. The van der Waals surface area contributed by atoms with Gasteiger partial charge in [0.1, 0.15) is 12.4 Å². The third-order valence-corrected chi connectivity index (χ3v) is 3.53. The van der Waals surface area contributed by atoms with Gasteiger partial charge in [0.05, 0.1) is 18.4 Å². The van der Waals surface area contributed by atoms with Gasteiger partial charge in [-0.15, -0.1) is 0 Å². The molecule has 2 aromatic rings. The van der Waals surface area contributed by atoms with Crippen LogP contribution in [0.2, 0.25) is 0 Å². The number of carbonyl (C=O) groups is 2. The summed E-state index contributed by atoms with van der Waals surface area (Å²) in [7, 11) is 1.51. The summed E-state index contributed by atoms with van der Waals surface area (Å²) in [6.45, 7) is 1.23. The van der Waals surface area contributed by atoms with Crippen molar-refractivity contribution < 1.29 is 24.5 Å². The van der Waals surface area contributed by atoms with E-state index in [9.17, 15) is 14.7 Å². The largest absolute Gasteiger partial charge is 0.487 e. The SMILES string of the molecule is CC(=O)c1cccc(OCc2cc(C(=O)N(C)C[C@@H](O)CO)n[nH]2)c1. The Labute approximate surface area is 145 Å². The fraction of sp³-hybridized carbons (Fsp3) is 0.353. The summed E-state index contributed by atoms with van der Waals surface area (Å²) in [6, 6.07) is 8.38. The van der Waals surface area contributed by atoms with Gasteiger partial charge in [0, 0.05) is 19.2 Å². The van der Waals surface area contributed by atoms with Crippen molar-refractivity contribution in [1.29, 1.82) is 0 Å². The Kier molecular flexibility index (Phi) is 6.26. The molecule has 1 aromatic carbocycles. The minimum atomic E-state index is -0.996. The topological polar surface area (TPSA) is 116 Å². The lowest BCUT2D eigenvalue weighted by molar-refractivity contribution is 0.0516. The number of carbonyl (C=O) groups excluding carboxylic acids is 2. The third kappa shape index (κ3) is 5.13. The number of amides is 1. The fourth-order valence-electron chi connectivity index (χ4n) is 2.16. The van der Waals surface area contributed by atoms with Crippen molar-refractivity contribution in [2.75, 3.05) is 20.2 Å². The molecule has 8 heteroatoms. The maximum atomic E-state index is 12.2. The molecule has 0 radical (unpaired) electrons. The summed E-state index contributed by atoms with van der Waals surface area (Å²) < 4.78 is 5.60. The summed E-state index contributed by atoms with van der Waals surface area (Å²) in [6.07, 6.45) is -0.996. The van der Waals surface area contributed by atoms with Crippen LogP contribution in [0.15, 0.2) is 30.3 Å². The number of hydrogen-bond donors (Lipinski definition) is 3. The van der Waals surface area contributed by atoms with Gasteiger partial charge in [-0.2, -0.15) is 5.10 Å². The summed E-state index contributed by atoms with van der Waals surface area (Å²) in [5, 5.41) is 24.9. The van der Waals surface area contributed by atoms with Gasteiger partial charge >= 0.3 is 0 Å². The van der Waals surface area contributed by atoms with E-state index in [1.54, 1.807) is 30.3 Å². The zero-order valence-electron chi connectivity index (χ0n) is 14.1. The van der Waals surface area contributed by atoms with E-state index in [1.165, 1.54) is 18.9 Å². The molecule has 0 bridgehead atoms. The number of rotatable bonds is 8. The second-order valence-electron chi connectivity index (χ2n) is 5.67. The van der Waals surface area contributed by atoms with Crippen molar-refractivity contribution in [2.45, 2.75) is 19.6 Å². The first-order chi connectivity index (χ1) is 11.9. The third-order valence-electron chi connectivity index (χ3n) is 3.53. The van der Waals surface area contributed by atoms with Gasteiger partial charge in [-0.3, -0.25) is 14.7 Å². The number of nitrogens with one attached hydrogen (secondary N) is 1. The summed E-state index contributed by atoms with van der Waals surface area (Å²) in [5.41, 5.74) is 1.33. The van der Waals surface area contributed by atoms with Crippen LogP contribution in [0.1, 0.15) is 33.5 Å². The molecule has 0 aliphatic carbocycles. The highest BCUT2D eigenvalue weighted by Crippen LogP contribution is 2.15. The highest BCUT2D eigenvalue weighted by Gasteiger charge is 2.18. The number of aliphatic hydroxyl groups is 2. The lowest BCUT2D eigenvalue weighted by Crippen LogP contribution is -2.36. The number of ketones is 1. The van der Waals surface area contributed by atoms with Crippen LogP contribution in [-0.4, -0.2) is 63.3 Å². The Hall–Kier alpha value is -2.71. The van der Waals surface area contributed by atoms with Gasteiger partial charge in [-0.05, 0) is 25.1 Å². The van der Waals surface area contributed by atoms with Crippen molar-refractivity contribution in [1.82, 2.24) is 15.1 Å². The number of aromatic amines is 1. The first-order valence-electron chi connectivity index (χ1n) is 7.73. The van der Waals surface area contributed by atoms with E-state index >= 15 is 0 Å². The highest BCUT2D eigenvalue weighted by molar-refractivity contribution is 5.94. The molecular formula is C17H21N3O5. The molecular weight excluding hydrogens is 326 g/mol. The second kappa shape index (κ2) is 8.41. The lowest BCUT2D eigenvalue weighted by Gasteiger charge is -2.18. The van der Waals surface area contributed by atoms with E-state index in [2.05, 4.69) is 10.2 Å². The minimum absolute atomic E-state index is 0.00582. The van der Waals surface area contributed by atoms with Gasteiger partial charge in [0.2, 0.25) is 0 Å². The number of nitrogens with zero attached hydrogens (tertiary/aromatic N) is 2. The number of likely N-dealkylation sites (N-methyl/N-ethyl adjacent to an activating group) is 1. The molecule has 0 aliphatic heterocycles. The lowest BCUT2D eigenvalue weighted by atomic mass is 10.1. The smallest absolute Gasteiger partial charge is 0.274 e. The number of benzene rings is 1. The molecule has 3 N–H and O–H groups in total. The highest BCUT2D eigenvalue weighted by atomic mass is 16.5. The van der Waals surface area contributed by atoms with Crippen molar-refractivity contribution in [3.8, 4) is 5.75 Å². The fourth-order valence-corrected chi connectivity index (χ4v) is 2.16. The Morgan fingerprint density at radius 2 is 2.12 bits per heavy atom. The van der Waals surface area contributed by atoms with Crippen molar-refractivity contribution in [3.63, 3.8) is 0 Å². The average Bonchev–Trinajstić information content (AvgIpc) is 3.08. The molecule has 134 valence electrons. The number of ether oxygens (including phenoxy) is 1. The van der Waals surface area contributed by atoms with Gasteiger partial charge in [-0.1, -0.05) is 12.1 Å². The Balaban J connectivity index is 1.96. The van der Waals surface area contributed by atoms with E-state index in [1.807, 2.05) is 0 Å². The number of hydrogen-bond acceptors (Lipinski definition) is 6. The zero-order chi connectivity index (χ0) is 18.4. The normalized spacial score (nSPS) is 11.8. The molecule has 8 nitrogen and oxygen atoms in total. The van der Waals surface area contributed by atoms with Gasteiger partial charge < -0.3 is 19.8 Å². The van der Waals surface area contributed by atoms with E-state index < -0.39 is 12.7 Å². The molecule has 1 amide bonds. The molecule has 0 fully saturated rings. The average molecular weight is 347 g/mol. The Morgan fingerprint density at radius 3 is 2.80 bits per heavy atom. The Bertz CT molecular complexity index is 743. The molecule has 2 rings (SSSR count). The number of aliphatic hydroxyl groups excluding tert-OH is 2. The molecule has 1 atom stereocenters. The maximum absolute atomic E-state index is 12.2. The molecule has 1 aromatic heterocycles. The molecule has 0 spiro atoms. The van der Waals surface area contributed by atoms with Crippen LogP contribution >= 0.6 is 0 Å². The van der Waals surface area contributed by atoms with Gasteiger partial charge in [0.25, 0.3) is 5.91 Å². The van der Waals surface area contributed by atoms with Crippen LogP contribution in [-0.2, 0) is 6.61 Å². The van der Waals surface area contributed by atoms with E-state index in [4.69, 9.17) is 9.84 Å². The summed E-state index contributed by atoms with van der Waals surface area (Å²) >= 11 is 0. The van der Waals surface area contributed by atoms with Gasteiger partial charge in [0.15, 0.2) is 11.5 Å². The van der Waals surface area contributed by atoms with E-state index in [-0.39, 0.29) is 30.5 Å². The molecule has 1 heterocycles. The molecule has 0 saturated carbocycles. The minimum Gasteiger partial charge on any atom is -0.487 e. The zero-order valence-corrected chi connectivity index (χ0v) is 14.1. The van der Waals surface area contributed by atoms with Gasteiger partial charge in [-0.25, -0.2) is 0 Å². The molecule has 0 unspecified atom stereocenters. The summed E-state index contributed by atoms with van der Waals surface area (Å²) in [4.78, 5) is 24.8. The number of Topliss-reactive ketones (excluding diaryl/α,β-unsaturated/α-hetero) is 1. The first-order valence-corrected chi connectivity index (χ1v) is 7.73. The van der Waals surface area contributed by atoms with Crippen molar-refractivity contribution in [3.05, 3.63) is 47.3 Å². The maximum Gasteiger partial charge on any atom is 0.274 e. The van der Waals surface area contributed by atoms with Crippen LogP contribution in [0.25, 0.3) is 0 Å². The van der Waals surface area contributed by atoms with Crippen LogP contribution in [0.3, 0.4) is 0 Å². The molecule has 25 heavy (non-hydrogen) atoms. The van der Waals surface area contributed by atoms with Crippen LogP contribution in [0.5, 0.6) is 5.75 Å². The molecule has 0 aliphatic rings. The van der Waals surface area contributed by atoms with Crippen molar-refractivity contribution >= 4 is 11.7 Å². The first kappa shape index (κ1) is 18.6. The predicted molar refractivity (Wildman–Crippen MR) is 89.4 cm³/mol. The summed E-state index contributed by atoms with van der Waals surface area (Å²) in [5.74, 6) is 0.111. The quantitative estimate of drug-likeness (QED) is 0.603. The van der Waals surface area contributed by atoms with Crippen molar-refractivity contribution in [2.24, 2.45) is 0 Å². The number of H-pyrrole nitrogens is 1. The monoisotopic (exact) mass is 347 g/mol. The predicted octanol–water partition coefficient (Wildman–Crippen LogP) is 0.616. The standard InChI is InChI=1S/C17H21N3O5/c1-11(22)12-4-3-5-15(6-12)25-10-13-7-16(19-18-13)17(24)20(2)8-14(23)9-21/h3-7,14,21,23H,8-10H2,1-2H3,(H,18,19)/t14-/m1/s1. The van der Waals surface area contributed by atoms with Crippen LogP contribution in [0.4, 0.5) is 0 Å². The van der Waals surface area contributed by atoms with Crippen LogP contribution < -0.4 is 4.74 Å². The van der Waals surface area contributed by atoms with E-state index in [0.717, 1.165) is 0 Å².